The van der Waals surface area contributed by atoms with E-state index in [1.165, 1.54) is 7.11 Å². The van der Waals surface area contributed by atoms with Crippen LogP contribution < -0.4 is 10.6 Å². The molecule has 0 radical (unpaired) electrons. The average Bonchev–Trinajstić information content (AvgIpc) is 2.92. The molecule has 24 heavy (non-hydrogen) atoms. The van der Waals surface area contributed by atoms with Crippen LogP contribution in [-0.2, 0) is 19.1 Å². The van der Waals surface area contributed by atoms with Crippen molar-refractivity contribution in [3.05, 3.63) is 0 Å². The molecule has 7 heteroatoms. The molecule has 1 fully saturated rings. The largest absolute Gasteiger partial charge is 0.375 e. The summed E-state index contributed by atoms with van der Waals surface area (Å²) in [7, 11) is 1.43. The van der Waals surface area contributed by atoms with Gasteiger partial charge in [0, 0.05) is 19.7 Å². The van der Waals surface area contributed by atoms with Crippen molar-refractivity contribution in [2.75, 3.05) is 20.3 Å². The van der Waals surface area contributed by atoms with Crippen LogP contribution in [0.3, 0.4) is 0 Å². The van der Waals surface area contributed by atoms with Crippen LogP contribution in [0.1, 0.15) is 47.5 Å². The summed E-state index contributed by atoms with van der Waals surface area (Å²) in [5.74, 6) is -0.687. The van der Waals surface area contributed by atoms with Crippen molar-refractivity contribution in [2.45, 2.75) is 65.6 Å². The maximum Gasteiger partial charge on any atom is 0.246 e. The van der Waals surface area contributed by atoms with Gasteiger partial charge < -0.3 is 20.3 Å². The number of nitrogens with one attached hydrogen (secondary N) is 2. The van der Waals surface area contributed by atoms with E-state index in [-0.39, 0.29) is 30.4 Å². The highest BCUT2D eigenvalue weighted by Gasteiger charge is 2.41. The van der Waals surface area contributed by atoms with Gasteiger partial charge in [-0.15, -0.1) is 0 Å². The molecule has 0 aromatic heterocycles. The van der Waals surface area contributed by atoms with Gasteiger partial charge in [-0.1, -0.05) is 20.8 Å². The van der Waals surface area contributed by atoms with E-state index < -0.39 is 17.5 Å². The fourth-order valence-corrected chi connectivity index (χ4v) is 2.83. The van der Waals surface area contributed by atoms with Crippen LogP contribution in [0.5, 0.6) is 0 Å². The molecule has 7 nitrogen and oxygen atoms in total. The number of rotatable bonds is 6. The summed E-state index contributed by atoms with van der Waals surface area (Å²) < 4.78 is 4.82. The monoisotopic (exact) mass is 341 g/mol. The molecule has 1 aliphatic rings. The molecule has 2 unspecified atom stereocenters. The summed E-state index contributed by atoms with van der Waals surface area (Å²) in [6.07, 6.45) is 1.43. The number of hydrogen-bond donors (Lipinski definition) is 2. The lowest BCUT2D eigenvalue weighted by Gasteiger charge is -2.35. The van der Waals surface area contributed by atoms with E-state index >= 15 is 0 Å². The Hall–Kier alpha value is -1.63. The quantitative estimate of drug-likeness (QED) is 0.744. The smallest absolute Gasteiger partial charge is 0.246 e. The second kappa shape index (κ2) is 8.46. The van der Waals surface area contributed by atoms with Crippen LogP contribution in [0.4, 0.5) is 0 Å². The minimum Gasteiger partial charge on any atom is -0.375 e. The molecule has 2 N–H and O–H groups in total. The van der Waals surface area contributed by atoms with Gasteiger partial charge in [0.1, 0.15) is 18.7 Å². The number of carbonyl (C=O) groups excluding carboxylic acids is 3. The summed E-state index contributed by atoms with van der Waals surface area (Å²) in [6, 6.07) is -1.15. The molecule has 0 bridgehead atoms. The Kier molecular flexibility index (Phi) is 7.20. The molecule has 1 rings (SSSR count). The maximum absolute atomic E-state index is 13.0. The van der Waals surface area contributed by atoms with Crippen LogP contribution in [0.25, 0.3) is 0 Å². The molecule has 1 saturated heterocycles. The van der Waals surface area contributed by atoms with Crippen molar-refractivity contribution in [3.63, 3.8) is 0 Å². The summed E-state index contributed by atoms with van der Waals surface area (Å²) in [4.78, 5) is 38.9. The van der Waals surface area contributed by atoms with E-state index in [1.54, 1.807) is 4.90 Å². The zero-order valence-electron chi connectivity index (χ0n) is 15.6. The van der Waals surface area contributed by atoms with E-state index in [0.717, 1.165) is 6.42 Å². The van der Waals surface area contributed by atoms with Crippen molar-refractivity contribution in [3.8, 4) is 0 Å². The van der Waals surface area contributed by atoms with Gasteiger partial charge in [-0.25, -0.2) is 0 Å². The minimum atomic E-state index is -0.701. The molecule has 0 aromatic rings. The van der Waals surface area contributed by atoms with E-state index in [9.17, 15) is 14.4 Å². The standard InChI is InChI=1S/C17H31N3O4/c1-11(2)18-15(22)12-8-7-9-20(12)16(23)14(17(3,4)5)19-13(21)10-24-6/h11-12,14H,7-10H2,1-6H3,(H,18,22)(H,19,21). The van der Waals surface area contributed by atoms with Gasteiger partial charge in [-0.05, 0) is 32.1 Å². The fourth-order valence-electron chi connectivity index (χ4n) is 2.83. The van der Waals surface area contributed by atoms with E-state index in [0.29, 0.717) is 13.0 Å². The topological polar surface area (TPSA) is 87.7 Å². The van der Waals surface area contributed by atoms with Gasteiger partial charge in [-0.2, -0.15) is 0 Å². The summed E-state index contributed by atoms with van der Waals surface area (Å²) in [6.45, 7) is 9.88. The molecule has 1 aliphatic heterocycles. The van der Waals surface area contributed by atoms with Crippen molar-refractivity contribution < 1.29 is 19.1 Å². The van der Waals surface area contributed by atoms with Crippen LogP contribution in [0.15, 0.2) is 0 Å². The SMILES string of the molecule is COCC(=O)NC(C(=O)N1CCCC1C(=O)NC(C)C)C(C)(C)C. The Morgan fingerprint density at radius 1 is 1.21 bits per heavy atom. The van der Waals surface area contributed by atoms with Crippen LogP contribution in [0, 0.1) is 5.41 Å². The Bertz CT molecular complexity index is 471. The van der Waals surface area contributed by atoms with Crippen molar-refractivity contribution in [1.29, 1.82) is 0 Å². The Morgan fingerprint density at radius 2 is 1.83 bits per heavy atom. The van der Waals surface area contributed by atoms with Gasteiger partial charge >= 0.3 is 0 Å². The highest BCUT2D eigenvalue weighted by molar-refractivity contribution is 5.93. The average molecular weight is 341 g/mol. The number of ether oxygens (including phenoxy) is 1. The second-order valence-corrected chi connectivity index (χ2v) is 7.65. The first kappa shape index (κ1) is 20.4. The van der Waals surface area contributed by atoms with Crippen molar-refractivity contribution in [2.24, 2.45) is 5.41 Å². The van der Waals surface area contributed by atoms with E-state index in [4.69, 9.17) is 4.74 Å². The highest BCUT2D eigenvalue weighted by atomic mass is 16.5. The molecule has 2 atom stereocenters. The molecular weight excluding hydrogens is 310 g/mol. The van der Waals surface area contributed by atoms with Crippen LogP contribution in [0.2, 0.25) is 0 Å². The Morgan fingerprint density at radius 3 is 2.33 bits per heavy atom. The lowest BCUT2D eigenvalue weighted by Crippen LogP contribution is -2.58. The summed E-state index contributed by atoms with van der Waals surface area (Å²) >= 11 is 0. The van der Waals surface area contributed by atoms with Gasteiger partial charge in [0.15, 0.2) is 0 Å². The molecule has 138 valence electrons. The van der Waals surface area contributed by atoms with Crippen molar-refractivity contribution in [1.82, 2.24) is 15.5 Å². The second-order valence-electron chi connectivity index (χ2n) is 7.65. The normalized spacial score (nSPS) is 19.3. The molecule has 0 aromatic carbocycles. The first-order valence-corrected chi connectivity index (χ1v) is 8.47. The first-order valence-electron chi connectivity index (χ1n) is 8.47. The van der Waals surface area contributed by atoms with Crippen LogP contribution in [-0.4, -0.2) is 61.0 Å². The first-order chi connectivity index (χ1) is 11.1. The maximum atomic E-state index is 13.0. The predicted molar refractivity (Wildman–Crippen MR) is 91.3 cm³/mol. The molecular formula is C17H31N3O4. The minimum absolute atomic E-state index is 0.0230. The molecule has 0 aliphatic carbocycles. The van der Waals surface area contributed by atoms with Gasteiger partial charge in [0.25, 0.3) is 0 Å². The summed E-state index contributed by atoms with van der Waals surface area (Å²) in [5.41, 5.74) is -0.470. The van der Waals surface area contributed by atoms with Crippen LogP contribution >= 0.6 is 0 Å². The molecule has 3 amide bonds. The highest BCUT2D eigenvalue weighted by Crippen LogP contribution is 2.25. The number of methoxy groups -OCH3 is 1. The summed E-state index contributed by atoms with van der Waals surface area (Å²) in [5, 5.41) is 5.62. The number of amides is 3. The lowest BCUT2D eigenvalue weighted by molar-refractivity contribution is -0.144. The fraction of sp³-hybridized carbons (Fsp3) is 0.824. The Balaban J connectivity index is 2.92. The third-order valence-corrected chi connectivity index (χ3v) is 3.96. The number of hydrogen-bond acceptors (Lipinski definition) is 4. The third-order valence-electron chi connectivity index (χ3n) is 3.96. The lowest BCUT2D eigenvalue weighted by atomic mass is 9.85. The zero-order chi connectivity index (χ0) is 18.5. The number of nitrogens with zero attached hydrogens (tertiary/aromatic N) is 1. The van der Waals surface area contributed by atoms with Gasteiger partial charge in [0.2, 0.25) is 17.7 Å². The molecule has 0 saturated carbocycles. The van der Waals surface area contributed by atoms with E-state index in [1.807, 2.05) is 34.6 Å². The van der Waals surface area contributed by atoms with Gasteiger partial charge in [0.05, 0.1) is 0 Å². The molecule has 1 heterocycles. The third kappa shape index (κ3) is 5.47. The van der Waals surface area contributed by atoms with Crippen molar-refractivity contribution >= 4 is 17.7 Å². The number of likely N-dealkylation sites (tertiary alicyclic amines) is 1. The predicted octanol–water partition coefficient (Wildman–Crippen LogP) is 0.679. The molecule has 0 spiro atoms. The van der Waals surface area contributed by atoms with E-state index in [2.05, 4.69) is 10.6 Å². The zero-order valence-corrected chi connectivity index (χ0v) is 15.6. The Labute approximate surface area is 144 Å². The number of carbonyl (C=O) groups is 3. The van der Waals surface area contributed by atoms with Gasteiger partial charge in [-0.3, -0.25) is 14.4 Å².